The molecule has 0 aliphatic rings. The van der Waals surface area contributed by atoms with Gasteiger partial charge in [-0.3, -0.25) is 4.79 Å². The molecule has 0 unspecified atom stereocenters. The number of carbonyl (C=O) groups excluding carboxylic acids is 1. The van der Waals surface area contributed by atoms with Gasteiger partial charge in [-0.05, 0) is 37.5 Å². The highest BCUT2D eigenvalue weighted by Gasteiger charge is 2.22. The molecule has 0 fully saturated rings. The SMILES string of the molecule is CCc1nn(-c2cccc(C)c2)c(CC)c1C(=O)NCC[NH+](C)C. The summed E-state index contributed by atoms with van der Waals surface area (Å²) in [6.07, 6.45) is 1.51. The van der Waals surface area contributed by atoms with Gasteiger partial charge in [0.1, 0.15) is 0 Å². The molecular formula is C19H29N4O+. The Kier molecular flexibility index (Phi) is 6.15. The summed E-state index contributed by atoms with van der Waals surface area (Å²) in [5, 5.41) is 7.77. The zero-order valence-corrected chi connectivity index (χ0v) is 15.4. The Morgan fingerprint density at radius 1 is 1.25 bits per heavy atom. The topological polar surface area (TPSA) is 51.4 Å². The van der Waals surface area contributed by atoms with E-state index in [1.54, 1.807) is 0 Å². The van der Waals surface area contributed by atoms with Crippen LogP contribution in [-0.4, -0.2) is 42.9 Å². The molecule has 0 aliphatic heterocycles. The van der Waals surface area contributed by atoms with Crippen LogP contribution < -0.4 is 10.2 Å². The van der Waals surface area contributed by atoms with Gasteiger partial charge in [0.2, 0.25) is 0 Å². The summed E-state index contributed by atoms with van der Waals surface area (Å²) in [7, 11) is 4.16. The summed E-state index contributed by atoms with van der Waals surface area (Å²) in [5.41, 5.74) is 4.78. The normalized spacial score (nSPS) is 11.1. The predicted octanol–water partition coefficient (Wildman–Crippen LogP) is 1.18. The van der Waals surface area contributed by atoms with Gasteiger partial charge in [-0.15, -0.1) is 0 Å². The van der Waals surface area contributed by atoms with Crippen LogP contribution >= 0.6 is 0 Å². The standard InChI is InChI=1S/C19H28N4O/c1-6-16-18(19(24)20-11-12-22(4)5)17(7-2)23(21-16)15-10-8-9-14(3)13-15/h8-10,13H,6-7,11-12H2,1-5H3,(H,20,24)/p+1. The van der Waals surface area contributed by atoms with Gasteiger partial charge in [0.15, 0.2) is 0 Å². The van der Waals surface area contributed by atoms with Crippen molar-refractivity contribution in [1.29, 1.82) is 0 Å². The Balaban J connectivity index is 2.39. The van der Waals surface area contributed by atoms with Crippen molar-refractivity contribution >= 4 is 5.91 Å². The molecule has 24 heavy (non-hydrogen) atoms. The number of hydrogen-bond acceptors (Lipinski definition) is 2. The molecule has 0 saturated heterocycles. The van der Waals surface area contributed by atoms with Crippen molar-refractivity contribution in [2.45, 2.75) is 33.6 Å². The monoisotopic (exact) mass is 329 g/mol. The van der Waals surface area contributed by atoms with Crippen molar-refractivity contribution in [3.8, 4) is 5.69 Å². The number of rotatable bonds is 7. The third-order valence-corrected chi connectivity index (χ3v) is 4.11. The highest BCUT2D eigenvalue weighted by atomic mass is 16.1. The highest BCUT2D eigenvalue weighted by Crippen LogP contribution is 2.21. The summed E-state index contributed by atoms with van der Waals surface area (Å²) >= 11 is 0. The average Bonchev–Trinajstić information content (AvgIpc) is 2.93. The number of aromatic nitrogens is 2. The molecule has 2 N–H and O–H groups in total. The third kappa shape index (κ3) is 4.03. The van der Waals surface area contributed by atoms with Gasteiger partial charge >= 0.3 is 0 Å². The summed E-state index contributed by atoms with van der Waals surface area (Å²) in [5.74, 6) is -0.0103. The first kappa shape index (κ1) is 18.2. The molecule has 0 saturated carbocycles. The summed E-state index contributed by atoms with van der Waals surface area (Å²) in [4.78, 5) is 14.0. The van der Waals surface area contributed by atoms with E-state index >= 15 is 0 Å². The molecule has 0 atom stereocenters. The van der Waals surface area contributed by atoms with Gasteiger partial charge in [-0.1, -0.05) is 26.0 Å². The van der Waals surface area contributed by atoms with E-state index in [0.29, 0.717) is 6.54 Å². The summed E-state index contributed by atoms with van der Waals surface area (Å²) < 4.78 is 1.93. The number of quaternary nitrogens is 1. The molecule has 1 aromatic carbocycles. The minimum atomic E-state index is -0.0103. The van der Waals surface area contributed by atoms with Gasteiger partial charge in [-0.2, -0.15) is 5.10 Å². The summed E-state index contributed by atoms with van der Waals surface area (Å²) in [6.45, 7) is 7.76. The molecule has 0 bridgehead atoms. The van der Waals surface area contributed by atoms with Crippen LogP contribution in [0, 0.1) is 6.92 Å². The summed E-state index contributed by atoms with van der Waals surface area (Å²) in [6, 6.07) is 8.23. The van der Waals surface area contributed by atoms with Crippen molar-refractivity contribution in [2.75, 3.05) is 27.2 Å². The quantitative estimate of drug-likeness (QED) is 0.801. The van der Waals surface area contributed by atoms with E-state index in [0.717, 1.165) is 42.0 Å². The first-order valence-electron chi connectivity index (χ1n) is 8.72. The number of nitrogens with one attached hydrogen (secondary N) is 2. The highest BCUT2D eigenvalue weighted by molar-refractivity contribution is 5.96. The van der Waals surface area contributed by atoms with Crippen molar-refractivity contribution < 1.29 is 9.69 Å². The van der Waals surface area contributed by atoms with Crippen LogP contribution in [0.15, 0.2) is 24.3 Å². The van der Waals surface area contributed by atoms with E-state index in [1.165, 1.54) is 10.5 Å². The maximum atomic E-state index is 12.7. The van der Waals surface area contributed by atoms with E-state index in [4.69, 9.17) is 5.10 Å². The van der Waals surface area contributed by atoms with Gasteiger partial charge < -0.3 is 10.2 Å². The Labute approximate surface area is 144 Å². The van der Waals surface area contributed by atoms with Crippen LogP contribution in [-0.2, 0) is 12.8 Å². The fourth-order valence-electron chi connectivity index (χ4n) is 2.83. The molecule has 5 nitrogen and oxygen atoms in total. The van der Waals surface area contributed by atoms with Crippen LogP contribution in [0.5, 0.6) is 0 Å². The van der Waals surface area contributed by atoms with E-state index < -0.39 is 0 Å². The number of aryl methyl sites for hydroxylation is 2. The molecule has 0 radical (unpaired) electrons. The van der Waals surface area contributed by atoms with Gasteiger partial charge in [-0.25, -0.2) is 4.68 Å². The molecule has 0 spiro atoms. The van der Waals surface area contributed by atoms with Crippen LogP contribution in [0.4, 0.5) is 0 Å². The Morgan fingerprint density at radius 3 is 2.58 bits per heavy atom. The lowest BCUT2D eigenvalue weighted by molar-refractivity contribution is -0.856. The number of carbonyl (C=O) groups is 1. The van der Waals surface area contributed by atoms with Gasteiger partial charge in [0.05, 0.1) is 49.8 Å². The number of benzene rings is 1. The molecule has 130 valence electrons. The molecule has 1 aromatic heterocycles. The molecule has 0 aliphatic carbocycles. The van der Waals surface area contributed by atoms with Crippen molar-refractivity contribution in [1.82, 2.24) is 15.1 Å². The second kappa shape index (κ2) is 8.11. The lowest BCUT2D eigenvalue weighted by atomic mass is 10.1. The van der Waals surface area contributed by atoms with E-state index in [1.807, 2.05) is 23.7 Å². The lowest BCUT2D eigenvalue weighted by Crippen LogP contribution is -3.06. The Hall–Kier alpha value is -2.14. The first-order valence-corrected chi connectivity index (χ1v) is 8.72. The molecule has 2 rings (SSSR count). The van der Waals surface area contributed by atoms with Gasteiger partial charge in [0.25, 0.3) is 5.91 Å². The van der Waals surface area contributed by atoms with Crippen LogP contribution in [0.25, 0.3) is 5.69 Å². The lowest BCUT2D eigenvalue weighted by Gasteiger charge is -2.10. The van der Waals surface area contributed by atoms with E-state index in [-0.39, 0.29) is 5.91 Å². The predicted molar refractivity (Wildman–Crippen MR) is 97.1 cm³/mol. The van der Waals surface area contributed by atoms with E-state index in [2.05, 4.69) is 45.4 Å². The zero-order chi connectivity index (χ0) is 17.7. The minimum Gasteiger partial charge on any atom is -0.346 e. The van der Waals surface area contributed by atoms with Gasteiger partial charge in [0, 0.05) is 0 Å². The Morgan fingerprint density at radius 2 is 2.00 bits per heavy atom. The smallest absolute Gasteiger partial charge is 0.255 e. The second-order valence-electron chi connectivity index (χ2n) is 6.44. The van der Waals surface area contributed by atoms with Crippen LogP contribution in [0.3, 0.4) is 0 Å². The Bertz CT molecular complexity index is 703. The molecule has 2 aromatic rings. The van der Waals surface area contributed by atoms with Crippen LogP contribution in [0.1, 0.15) is 41.2 Å². The molecule has 1 heterocycles. The second-order valence-corrected chi connectivity index (χ2v) is 6.44. The third-order valence-electron chi connectivity index (χ3n) is 4.11. The van der Waals surface area contributed by atoms with Crippen molar-refractivity contribution in [3.05, 3.63) is 46.8 Å². The number of amides is 1. The average molecular weight is 329 g/mol. The first-order chi connectivity index (χ1) is 11.5. The van der Waals surface area contributed by atoms with Crippen LogP contribution in [0.2, 0.25) is 0 Å². The maximum absolute atomic E-state index is 12.7. The van der Waals surface area contributed by atoms with E-state index in [9.17, 15) is 4.79 Å². The van der Waals surface area contributed by atoms with Crippen molar-refractivity contribution in [2.24, 2.45) is 0 Å². The molecular weight excluding hydrogens is 300 g/mol. The molecule has 1 amide bonds. The zero-order valence-electron chi connectivity index (χ0n) is 15.4. The number of hydrogen-bond donors (Lipinski definition) is 2. The fraction of sp³-hybridized carbons (Fsp3) is 0.474. The fourth-order valence-corrected chi connectivity index (χ4v) is 2.83. The minimum absolute atomic E-state index is 0.0103. The maximum Gasteiger partial charge on any atom is 0.255 e. The largest absolute Gasteiger partial charge is 0.346 e. The number of likely N-dealkylation sites (N-methyl/N-ethyl adjacent to an activating group) is 1. The number of nitrogens with zero attached hydrogens (tertiary/aromatic N) is 2. The van der Waals surface area contributed by atoms with Crippen molar-refractivity contribution in [3.63, 3.8) is 0 Å². The molecule has 5 heteroatoms.